The summed E-state index contributed by atoms with van der Waals surface area (Å²) in [7, 11) is -3.26. The van der Waals surface area contributed by atoms with Crippen molar-refractivity contribution >= 4 is 73.4 Å². The number of anilines is 1. The highest BCUT2D eigenvalue weighted by Gasteiger charge is 2.42. The van der Waals surface area contributed by atoms with Gasteiger partial charge in [-0.25, -0.2) is 17.5 Å². The summed E-state index contributed by atoms with van der Waals surface area (Å²) >= 11 is 7.12. The number of rotatable bonds is 25. The molecule has 2 aromatic carbocycles. The maximum Gasteiger partial charge on any atom is 0.315 e. The molecule has 16 nitrogen and oxygen atoms in total. The van der Waals surface area contributed by atoms with Gasteiger partial charge >= 0.3 is 6.03 Å². The first-order valence-electron chi connectivity index (χ1n) is 21.0. The van der Waals surface area contributed by atoms with E-state index in [2.05, 4.69) is 32.0 Å². The molecule has 3 fully saturated rings. The highest BCUT2D eigenvalue weighted by Crippen LogP contribution is 2.37. The number of hydrogen-bond donors (Lipinski definition) is 5. The lowest BCUT2D eigenvalue weighted by Crippen LogP contribution is -2.38. The fourth-order valence-electron chi connectivity index (χ4n) is 7.93. The molecule has 0 unspecified atom stereocenters. The number of piperidine rings is 1. The van der Waals surface area contributed by atoms with E-state index in [-0.39, 0.29) is 49.0 Å². The smallest absolute Gasteiger partial charge is 0.315 e. The average Bonchev–Trinajstić information content (AvgIpc) is 3.93. The molecule has 3 aromatic rings. The fraction of sp³-hybridized carbons (Fsp3) is 0.571. The molecule has 4 amide bonds. The third kappa shape index (κ3) is 13.8. The number of amides is 4. The van der Waals surface area contributed by atoms with Crippen LogP contribution in [0.4, 0.5) is 10.5 Å². The normalized spacial score (nSPS) is 19.4. The SMILES string of the molecule is CS(=O)(=O)N1CCC(n2cc(-c3cccc(C(N)=S)c3)c3ccc(NC(=O)CCOCCOCCOCCOCCNC(=O)CCCC[C@@H]4SC[C@@H]5NC(=O)N[C@@H]54)cc32)CC1. The number of sulfonamides is 1. The van der Waals surface area contributed by atoms with Crippen LogP contribution >= 0.6 is 24.0 Å². The standard InChI is InChI=1S/C42H59N7O9S3/c1-61(53,54)48-15-11-32(12-16-48)49-27-34(29-5-4-6-30(25-29)41(43)59)33-10-9-31(26-36(33)49)45-39(51)13-17-55-19-21-57-23-24-58-22-20-56-18-14-44-38(50)8-3-2-7-37-40-35(28-60-37)46-42(52)47-40/h4-6,9-10,25-27,32,35,37,40H,2-3,7-8,11-24,28H2,1H3,(H2,43,59)(H,44,50)(H,45,51)(H2,46,47,52)/t35-,37-,40-/m0/s1. The van der Waals surface area contributed by atoms with Crippen LogP contribution in [-0.2, 0) is 38.6 Å². The zero-order valence-electron chi connectivity index (χ0n) is 34.7. The molecular formula is C42H59N7O9S3. The van der Waals surface area contributed by atoms with Gasteiger partial charge in [0.25, 0.3) is 0 Å². The lowest BCUT2D eigenvalue weighted by Gasteiger charge is -2.31. The molecule has 0 saturated carbocycles. The Bertz CT molecular complexity index is 2080. The minimum absolute atomic E-state index is 0.0218. The van der Waals surface area contributed by atoms with Crippen LogP contribution in [0.25, 0.3) is 22.0 Å². The summed E-state index contributed by atoms with van der Waals surface area (Å²) in [6, 6.07) is 14.1. The molecular weight excluding hydrogens is 843 g/mol. The molecule has 0 spiro atoms. The molecule has 0 aliphatic carbocycles. The van der Waals surface area contributed by atoms with Crippen LogP contribution in [0.1, 0.15) is 56.6 Å². The molecule has 3 aliphatic heterocycles. The predicted octanol–water partition coefficient (Wildman–Crippen LogP) is 3.78. The number of nitrogens with two attached hydrogens (primary N) is 1. The molecule has 0 radical (unpaired) electrons. The molecule has 6 rings (SSSR count). The molecule has 3 atom stereocenters. The molecule has 4 heterocycles. The van der Waals surface area contributed by atoms with Gasteiger partial charge in [-0.2, -0.15) is 11.8 Å². The summed E-state index contributed by atoms with van der Waals surface area (Å²) in [5, 5.41) is 13.3. The van der Waals surface area contributed by atoms with Gasteiger partial charge in [0.15, 0.2) is 0 Å². The summed E-state index contributed by atoms with van der Waals surface area (Å²) in [4.78, 5) is 36.8. The van der Waals surface area contributed by atoms with Gasteiger partial charge in [0, 0.05) is 71.5 Å². The number of nitrogens with one attached hydrogen (secondary N) is 4. The number of hydrogen-bond acceptors (Lipinski definition) is 11. The second-order valence-corrected chi connectivity index (χ2v) is 19.2. The minimum atomic E-state index is -3.26. The van der Waals surface area contributed by atoms with Crippen molar-refractivity contribution in [2.45, 2.75) is 68.3 Å². The van der Waals surface area contributed by atoms with Crippen LogP contribution in [0.2, 0.25) is 0 Å². The zero-order chi connectivity index (χ0) is 43.2. The van der Waals surface area contributed by atoms with Crippen molar-refractivity contribution in [3.63, 3.8) is 0 Å². The van der Waals surface area contributed by atoms with E-state index >= 15 is 0 Å². The van der Waals surface area contributed by atoms with Gasteiger partial charge in [-0.1, -0.05) is 42.9 Å². The number of fused-ring (bicyclic) bond motifs is 2. The number of ether oxygens (including phenoxy) is 4. The van der Waals surface area contributed by atoms with E-state index in [1.165, 1.54) is 10.6 Å². The molecule has 19 heteroatoms. The topological polar surface area (TPSA) is 205 Å². The van der Waals surface area contributed by atoms with Crippen molar-refractivity contribution in [1.29, 1.82) is 0 Å². The van der Waals surface area contributed by atoms with E-state index in [1.807, 2.05) is 54.2 Å². The Morgan fingerprint density at radius 1 is 0.902 bits per heavy atom. The Hall–Kier alpha value is -3.82. The van der Waals surface area contributed by atoms with Gasteiger partial charge in [0.05, 0.1) is 83.1 Å². The van der Waals surface area contributed by atoms with E-state index in [0.29, 0.717) is 101 Å². The van der Waals surface area contributed by atoms with Gasteiger partial charge < -0.3 is 50.5 Å². The number of nitrogens with zero attached hydrogens (tertiary/aromatic N) is 2. The number of carbonyl (C=O) groups excluding carboxylic acids is 3. The first-order valence-corrected chi connectivity index (χ1v) is 24.3. The summed E-state index contributed by atoms with van der Waals surface area (Å²) < 4.78 is 50.4. The van der Waals surface area contributed by atoms with Crippen molar-refractivity contribution in [1.82, 2.24) is 24.8 Å². The highest BCUT2D eigenvalue weighted by atomic mass is 32.2. The number of unbranched alkanes of at least 4 members (excludes halogenated alkanes) is 1. The minimum Gasteiger partial charge on any atom is -0.389 e. The number of thioether (sulfide) groups is 1. The van der Waals surface area contributed by atoms with Gasteiger partial charge in [-0.3, -0.25) is 9.59 Å². The van der Waals surface area contributed by atoms with E-state index in [9.17, 15) is 22.8 Å². The van der Waals surface area contributed by atoms with Gasteiger partial charge in [-0.05, 0) is 49.4 Å². The quantitative estimate of drug-likeness (QED) is 0.0469. The maximum atomic E-state index is 12.9. The van der Waals surface area contributed by atoms with Crippen LogP contribution in [0.5, 0.6) is 0 Å². The largest absolute Gasteiger partial charge is 0.389 e. The second-order valence-electron chi connectivity index (χ2n) is 15.5. The summed E-state index contributed by atoms with van der Waals surface area (Å²) in [5.74, 6) is 0.791. The number of benzene rings is 2. The lowest BCUT2D eigenvalue weighted by molar-refractivity contribution is -0.121. The number of carbonyl (C=O) groups is 3. The zero-order valence-corrected chi connectivity index (χ0v) is 37.2. The van der Waals surface area contributed by atoms with Gasteiger partial charge in [0.1, 0.15) is 4.99 Å². The van der Waals surface area contributed by atoms with Crippen LogP contribution in [0, 0.1) is 0 Å². The van der Waals surface area contributed by atoms with Crippen molar-refractivity contribution in [2.24, 2.45) is 5.73 Å². The summed E-state index contributed by atoms with van der Waals surface area (Å²) in [6.07, 6.45) is 8.11. The monoisotopic (exact) mass is 901 g/mol. The molecule has 61 heavy (non-hydrogen) atoms. The molecule has 1 aromatic heterocycles. The Morgan fingerprint density at radius 3 is 2.31 bits per heavy atom. The lowest BCUT2D eigenvalue weighted by atomic mass is 10.0. The van der Waals surface area contributed by atoms with Crippen LogP contribution in [0.15, 0.2) is 48.7 Å². The van der Waals surface area contributed by atoms with Crippen molar-refractivity contribution < 1.29 is 41.7 Å². The second kappa shape index (κ2) is 23.0. The van der Waals surface area contributed by atoms with Gasteiger partial charge in [0.2, 0.25) is 21.8 Å². The Kier molecular flexibility index (Phi) is 17.6. The molecule has 6 N–H and O–H groups in total. The van der Waals surface area contributed by atoms with Crippen molar-refractivity contribution in [3.05, 3.63) is 54.2 Å². The molecule has 3 saturated heterocycles. The third-order valence-corrected chi connectivity index (χ3v) is 14.1. The third-order valence-electron chi connectivity index (χ3n) is 11.1. The number of aromatic nitrogens is 1. The van der Waals surface area contributed by atoms with Gasteiger partial charge in [-0.15, -0.1) is 0 Å². The highest BCUT2D eigenvalue weighted by molar-refractivity contribution is 8.00. The Labute approximate surface area is 367 Å². The maximum absolute atomic E-state index is 12.9. The van der Waals surface area contributed by atoms with Crippen LogP contribution < -0.4 is 27.0 Å². The van der Waals surface area contributed by atoms with E-state index < -0.39 is 10.0 Å². The van der Waals surface area contributed by atoms with E-state index in [4.69, 9.17) is 36.9 Å². The average molecular weight is 902 g/mol. The Morgan fingerprint density at radius 2 is 1.61 bits per heavy atom. The Balaban J connectivity index is 0.806. The molecule has 3 aliphatic rings. The first-order chi connectivity index (χ1) is 29.5. The van der Waals surface area contributed by atoms with E-state index in [1.54, 1.807) is 0 Å². The van der Waals surface area contributed by atoms with Crippen LogP contribution in [0.3, 0.4) is 0 Å². The first kappa shape index (κ1) is 46.7. The molecule has 0 bridgehead atoms. The molecule has 334 valence electrons. The van der Waals surface area contributed by atoms with Crippen molar-refractivity contribution in [3.8, 4) is 11.1 Å². The number of thiocarbonyl (C=S) groups is 1. The van der Waals surface area contributed by atoms with Crippen LogP contribution in [-0.4, -0.2) is 142 Å². The summed E-state index contributed by atoms with van der Waals surface area (Å²) in [5.41, 5.74) is 10.3. The number of urea groups is 1. The predicted molar refractivity (Wildman–Crippen MR) is 241 cm³/mol. The summed E-state index contributed by atoms with van der Waals surface area (Å²) in [6.45, 7) is 4.36. The van der Waals surface area contributed by atoms with Crippen molar-refractivity contribution in [2.75, 3.05) is 89.8 Å². The fourth-order valence-corrected chi connectivity index (χ4v) is 10.5. The van der Waals surface area contributed by atoms with E-state index in [0.717, 1.165) is 52.6 Å².